The normalized spacial score (nSPS) is 11.2. The van der Waals surface area contributed by atoms with Crippen molar-refractivity contribution in [3.05, 3.63) is 94.0 Å². The summed E-state index contributed by atoms with van der Waals surface area (Å²) in [4.78, 5) is 12.4. The number of amides is 2. The van der Waals surface area contributed by atoms with Gasteiger partial charge in [-0.15, -0.1) is 0 Å². The molecule has 0 heterocycles. The number of sulfone groups is 1. The predicted octanol–water partition coefficient (Wildman–Crippen LogP) is 5.25. The molecule has 3 rings (SSSR count). The molecule has 0 aliphatic carbocycles. The molecule has 0 aliphatic heterocycles. The number of carbonyl (C=O) groups is 1. The van der Waals surface area contributed by atoms with E-state index >= 15 is 0 Å². The Balaban J connectivity index is 1.70. The van der Waals surface area contributed by atoms with Crippen LogP contribution < -0.4 is 10.6 Å². The minimum absolute atomic E-state index is 0.145. The number of rotatable bonds is 6. The van der Waals surface area contributed by atoms with Crippen LogP contribution in [-0.4, -0.2) is 14.4 Å². The van der Waals surface area contributed by atoms with Crippen LogP contribution in [0.3, 0.4) is 0 Å². The van der Waals surface area contributed by atoms with Gasteiger partial charge in [-0.1, -0.05) is 59.6 Å². The van der Waals surface area contributed by atoms with Crippen molar-refractivity contribution in [3.8, 4) is 0 Å². The molecule has 0 aliphatic rings. The molecule has 0 bridgehead atoms. The summed E-state index contributed by atoms with van der Waals surface area (Å²) >= 11 is 5.87. The van der Waals surface area contributed by atoms with E-state index in [4.69, 9.17) is 11.6 Å². The molecule has 156 valence electrons. The summed E-state index contributed by atoms with van der Waals surface area (Å²) < 4.78 is 25.8. The molecule has 0 saturated carbocycles. The van der Waals surface area contributed by atoms with Crippen LogP contribution in [0.5, 0.6) is 0 Å². The van der Waals surface area contributed by atoms with Gasteiger partial charge in [0, 0.05) is 17.3 Å². The highest BCUT2D eigenvalue weighted by Gasteiger charge is 2.19. The van der Waals surface area contributed by atoms with E-state index in [0.29, 0.717) is 28.4 Å². The van der Waals surface area contributed by atoms with Crippen molar-refractivity contribution in [2.45, 2.75) is 31.0 Å². The average molecular weight is 443 g/mol. The second-order valence-electron chi connectivity index (χ2n) is 7.16. The molecule has 0 aromatic heterocycles. The molecule has 0 spiro atoms. The summed E-state index contributed by atoms with van der Waals surface area (Å²) in [6.45, 7) is 4.11. The first-order valence-electron chi connectivity index (χ1n) is 9.41. The van der Waals surface area contributed by atoms with Gasteiger partial charge in [-0.3, -0.25) is 0 Å². The van der Waals surface area contributed by atoms with Gasteiger partial charge in [0.2, 0.25) is 0 Å². The minimum atomic E-state index is -3.59. The van der Waals surface area contributed by atoms with Crippen molar-refractivity contribution in [2.75, 3.05) is 5.32 Å². The molecule has 7 heteroatoms. The highest BCUT2D eigenvalue weighted by atomic mass is 35.5. The molecular weight excluding hydrogens is 420 g/mol. The molecule has 5 nitrogen and oxygen atoms in total. The Kier molecular flexibility index (Phi) is 6.80. The maximum absolute atomic E-state index is 12.9. The lowest BCUT2D eigenvalue weighted by atomic mass is 10.1. The lowest BCUT2D eigenvalue weighted by Crippen LogP contribution is -2.28. The van der Waals surface area contributed by atoms with Crippen LogP contribution in [0.4, 0.5) is 10.5 Å². The third-order valence-corrected chi connectivity index (χ3v) is 6.70. The van der Waals surface area contributed by atoms with Gasteiger partial charge in [-0.25, -0.2) is 13.2 Å². The van der Waals surface area contributed by atoms with E-state index < -0.39 is 15.9 Å². The summed E-state index contributed by atoms with van der Waals surface area (Å²) in [6, 6.07) is 19.0. The number of nitrogens with one attached hydrogen (secondary N) is 2. The topological polar surface area (TPSA) is 75.3 Å². The van der Waals surface area contributed by atoms with Gasteiger partial charge in [0.15, 0.2) is 9.84 Å². The summed E-state index contributed by atoms with van der Waals surface area (Å²) in [5.41, 5.74) is 3.81. The fourth-order valence-electron chi connectivity index (χ4n) is 2.95. The predicted molar refractivity (Wildman–Crippen MR) is 121 cm³/mol. The molecule has 0 radical (unpaired) electrons. The lowest BCUT2D eigenvalue weighted by molar-refractivity contribution is 0.251. The Labute approximate surface area is 182 Å². The average Bonchev–Trinajstić information content (AvgIpc) is 2.70. The van der Waals surface area contributed by atoms with E-state index in [0.717, 1.165) is 11.1 Å². The fraction of sp³-hybridized carbons (Fsp3) is 0.174. The molecule has 2 N–H and O–H groups in total. The van der Waals surface area contributed by atoms with Crippen molar-refractivity contribution >= 4 is 33.2 Å². The quantitative estimate of drug-likeness (QED) is 0.547. The molecule has 3 aromatic carbocycles. The zero-order valence-corrected chi connectivity index (χ0v) is 18.3. The number of carbonyl (C=O) groups excluding carboxylic acids is 1. The Hall–Kier alpha value is -2.83. The van der Waals surface area contributed by atoms with Crippen LogP contribution in [-0.2, 0) is 22.1 Å². The first-order chi connectivity index (χ1) is 14.2. The van der Waals surface area contributed by atoms with E-state index in [2.05, 4.69) is 10.6 Å². The van der Waals surface area contributed by atoms with Crippen molar-refractivity contribution in [3.63, 3.8) is 0 Å². The number of aryl methyl sites for hydroxylation is 2. The number of anilines is 1. The van der Waals surface area contributed by atoms with Gasteiger partial charge in [-0.05, 0) is 54.8 Å². The molecule has 3 aromatic rings. The highest BCUT2D eigenvalue weighted by molar-refractivity contribution is 7.90. The SMILES string of the molecule is Cc1ccc(CNC(=O)Nc2ccc(C)c(S(=O)(=O)Cc3ccc(Cl)cc3)c2)cc1. The van der Waals surface area contributed by atoms with Crippen LogP contribution in [0.15, 0.2) is 71.6 Å². The summed E-state index contributed by atoms with van der Waals surface area (Å²) in [5.74, 6) is -0.145. The number of hydrogen-bond donors (Lipinski definition) is 2. The van der Waals surface area contributed by atoms with E-state index in [-0.39, 0.29) is 10.6 Å². The Morgan fingerprint density at radius 1 is 0.900 bits per heavy atom. The number of benzene rings is 3. The van der Waals surface area contributed by atoms with Crippen molar-refractivity contribution in [1.82, 2.24) is 5.32 Å². The molecule has 2 amide bonds. The van der Waals surface area contributed by atoms with Crippen LogP contribution in [0.2, 0.25) is 5.02 Å². The number of halogens is 1. The Bertz CT molecular complexity index is 1140. The third-order valence-electron chi connectivity index (χ3n) is 4.62. The fourth-order valence-corrected chi connectivity index (χ4v) is 4.73. The van der Waals surface area contributed by atoms with Crippen LogP contribution in [0.25, 0.3) is 0 Å². The second kappa shape index (κ2) is 9.32. The molecule has 30 heavy (non-hydrogen) atoms. The molecule has 0 atom stereocenters. The van der Waals surface area contributed by atoms with Gasteiger partial charge in [0.1, 0.15) is 0 Å². The van der Waals surface area contributed by atoms with Gasteiger partial charge in [0.05, 0.1) is 10.6 Å². The maximum atomic E-state index is 12.9. The molecule has 0 fully saturated rings. The zero-order chi connectivity index (χ0) is 21.7. The summed E-state index contributed by atoms with van der Waals surface area (Å²) in [5, 5.41) is 6.03. The number of hydrogen-bond acceptors (Lipinski definition) is 3. The summed E-state index contributed by atoms with van der Waals surface area (Å²) in [6.07, 6.45) is 0. The van der Waals surface area contributed by atoms with E-state index in [1.165, 1.54) is 6.07 Å². The Morgan fingerprint density at radius 2 is 1.53 bits per heavy atom. The highest BCUT2D eigenvalue weighted by Crippen LogP contribution is 2.24. The Morgan fingerprint density at radius 3 is 2.20 bits per heavy atom. The van der Waals surface area contributed by atoms with E-state index in [1.54, 1.807) is 43.3 Å². The first kappa shape index (κ1) is 21.9. The molecule has 0 unspecified atom stereocenters. The maximum Gasteiger partial charge on any atom is 0.319 e. The van der Waals surface area contributed by atoms with Crippen molar-refractivity contribution in [1.29, 1.82) is 0 Å². The summed E-state index contributed by atoms with van der Waals surface area (Å²) in [7, 11) is -3.59. The van der Waals surface area contributed by atoms with Crippen LogP contribution in [0, 0.1) is 13.8 Å². The largest absolute Gasteiger partial charge is 0.334 e. The van der Waals surface area contributed by atoms with E-state index in [1.807, 2.05) is 31.2 Å². The van der Waals surface area contributed by atoms with Crippen molar-refractivity contribution in [2.24, 2.45) is 0 Å². The first-order valence-corrected chi connectivity index (χ1v) is 11.4. The molecule has 0 saturated heterocycles. The second-order valence-corrected chi connectivity index (χ2v) is 9.55. The van der Waals surface area contributed by atoms with Gasteiger partial charge in [-0.2, -0.15) is 0 Å². The standard InChI is InChI=1S/C23H23ClN2O3S/c1-16-3-6-18(7-4-16)14-25-23(27)26-21-12-5-17(2)22(13-21)30(28,29)15-19-8-10-20(24)11-9-19/h3-13H,14-15H2,1-2H3,(H2,25,26,27). The monoisotopic (exact) mass is 442 g/mol. The van der Waals surface area contributed by atoms with Crippen LogP contribution >= 0.6 is 11.6 Å². The smallest absolute Gasteiger partial charge is 0.319 e. The molecular formula is C23H23ClN2O3S. The van der Waals surface area contributed by atoms with Crippen molar-refractivity contribution < 1.29 is 13.2 Å². The zero-order valence-electron chi connectivity index (χ0n) is 16.8. The van der Waals surface area contributed by atoms with E-state index in [9.17, 15) is 13.2 Å². The van der Waals surface area contributed by atoms with Gasteiger partial charge < -0.3 is 10.6 Å². The number of urea groups is 1. The minimum Gasteiger partial charge on any atom is -0.334 e. The lowest BCUT2D eigenvalue weighted by Gasteiger charge is -2.12. The van der Waals surface area contributed by atoms with Gasteiger partial charge in [0.25, 0.3) is 0 Å². The van der Waals surface area contributed by atoms with Gasteiger partial charge >= 0.3 is 6.03 Å². The third kappa shape index (κ3) is 5.84. The van der Waals surface area contributed by atoms with Crippen LogP contribution in [0.1, 0.15) is 22.3 Å².